The first-order valence-electron chi connectivity index (χ1n) is 10.2. The first-order valence-corrected chi connectivity index (χ1v) is 11.8. The van der Waals surface area contributed by atoms with E-state index < -0.39 is 10.0 Å². The summed E-state index contributed by atoms with van der Waals surface area (Å²) in [5.74, 6) is 0.884. The first-order chi connectivity index (χ1) is 15.0. The normalized spacial score (nSPS) is 11.7. The van der Waals surface area contributed by atoms with E-state index in [0.29, 0.717) is 19.0 Å². The predicted octanol–water partition coefficient (Wildman–Crippen LogP) is 3.84. The Kier molecular flexibility index (Phi) is 10.1. The number of nitrogens with two attached hydrogens (primary N) is 1. The maximum Gasteiger partial charge on any atom is 0.238 e. The zero-order valence-electron chi connectivity index (χ0n) is 17.9. The van der Waals surface area contributed by atoms with Gasteiger partial charge in [0.1, 0.15) is 0 Å². The van der Waals surface area contributed by atoms with Crippen LogP contribution in [-0.4, -0.2) is 27.5 Å². The van der Waals surface area contributed by atoms with E-state index in [2.05, 4.69) is 64.2 Å². The fourth-order valence-corrected chi connectivity index (χ4v) is 3.81. The maximum atomic E-state index is 11.4. The molecule has 0 aliphatic heterocycles. The van der Waals surface area contributed by atoms with Crippen molar-refractivity contribution < 1.29 is 8.42 Å². The van der Waals surface area contributed by atoms with E-state index in [1.807, 2.05) is 19.1 Å². The third kappa shape index (κ3) is 7.61. The fourth-order valence-electron chi connectivity index (χ4n) is 3.29. The zero-order valence-corrected chi connectivity index (χ0v) is 21.1. The van der Waals surface area contributed by atoms with Crippen molar-refractivity contribution in [2.45, 2.75) is 24.3 Å². The Balaban J connectivity index is 0.00000363. The Morgan fingerprint density at radius 2 is 1.41 bits per heavy atom. The molecule has 4 N–H and O–H groups in total. The largest absolute Gasteiger partial charge is 0.357 e. The maximum absolute atomic E-state index is 11.4. The van der Waals surface area contributed by atoms with Crippen LogP contribution >= 0.6 is 24.0 Å². The molecule has 6 nitrogen and oxygen atoms in total. The molecule has 0 saturated carbocycles. The second-order valence-electron chi connectivity index (χ2n) is 7.14. The van der Waals surface area contributed by atoms with Crippen molar-refractivity contribution in [1.29, 1.82) is 0 Å². The number of rotatable bonds is 8. The van der Waals surface area contributed by atoms with Gasteiger partial charge in [0.15, 0.2) is 5.96 Å². The molecule has 3 aromatic carbocycles. The van der Waals surface area contributed by atoms with E-state index in [9.17, 15) is 8.42 Å². The van der Waals surface area contributed by atoms with Crippen LogP contribution in [-0.2, 0) is 16.6 Å². The number of guanidine groups is 1. The Hall–Kier alpha value is -2.43. The molecule has 0 unspecified atom stereocenters. The molecule has 170 valence electrons. The van der Waals surface area contributed by atoms with Gasteiger partial charge >= 0.3 is 0 Å². The standard InChI is InChI=1S/C24H28N4O2S.HI/c1-2-26-24(27-17-19-13-15-22(16-14-19)31(25,29)30)28-18-23(20-9-5-3-6-10-20)21-11-7-4-8-12-21;/h3-16,23H,2,17-18H2,1H3,(H2,25,29,30)(H2,26,27,28);1H. The van der Waals surface area contributed by atoms with Gasteiger partial charge < -0.3 is 10.6 Å². The van der Waals surface area contributed by atoms with Crippen LogP contribution in [0.5, 0.6) is 0 Å². The molecule has 0 amide bonds. The Morgan fingerprint density at radius 1 is 0.875 bits per heavy atom. The van der Waals surface area contributed by atoms with Gasteiger partial charge in [-0.2, -0.15) is 0 Å². The van der Waals surface area contributed by atoms with Gasteiger partial charge in [-0.1, -0.05) is 72.8 Å². The average Bonchev–Trinajstić information content (AvgIpc) is 2.78. The van der Waals surface area contributed by atoms with Crippen LogP contribution in [0.4, 0.5) is 0 Å². The van der Waals surface area contributed by atoms with Crippen LogP contribution in [0.15, 0.2) is 94.8 Å². The molecule has 0 aliphatic rings. The summed E-state index contributed by atoms with van der Waals surface area (Å²) in [5, 5.41) is 11.9. The van der Waals surface area contributed by atoms with Gasteiger partial charge in [-0.3, -0.25) is 0 Å². The van der Waals surface area contributed by atoms with Crippen LogP contribution in [0.2, 0.25) is 0 Å². The van der Waals surface area contributed by atoms with Crippen molar-refractivity contribution in [3.05, 3.63) is 102 Å². The quantitative estimate of drug-likeness (QED) is 0.220. The van der Waals surface area contributed by atoms with Crippen molar-refractivity contribution in [2.75, 3.05) is 13.1 Å². The highest BCUT2D eigenvalue weighted by Gasteiger charge is 2.14. The van der Waals surface area contributed by atoms with Crippen molar-refractivity contribution in [3.8, 4) is 0 Å². The van der Waals surface area contributed by atoms with E-state index >= 15 is 0 Å². The molecule has 0 atom stereocenters. The molecule has 0 fully saturated rings. The molecule has 0 bridgehead atoms. The molecular weight excluding hydrogens is 535 g/mol. The molecule has 0 spiro atoms. The van der Waals surface area contributed by atoms with E-state index in [4.69, 9.17) is 5.14 Å². The summed E-state index contributed by atoms with van der Waals surface area (Å²) in [6.45, 7) is 3.85. The lowest BCUT2D eigenvalue weighted by molar-refractivity contribution is 0.598. The molecule has 3 rings (SSSR count). The molecule has 0 saturated heterocycles. The number of hydrogen-bond acceptors (Lipinski definition) is 3. The Labute approximate surface area is 207 Å². The van der Waals surface area contributed by atoms with Gasteiger partial charge in [-0.25, -0.2) is 18.5 Å². The van der Waals surface area contributed by atoms with Gasteiger partial charge in [0.2, 0.25) is 10.0 Å². The number of nitrogens with one attached hydrogen (secondary N) is 2. The minimum atomic E-state index is -3.69. The summed E-state index contributed by atoms with van der Waals surface area (Å²) < 4.78 is 22.8. The minimum Gasteiger partial charge on any atom is -0.357 e. The first kappa shape index (κ1) is 25.8. The van der Waals surface area contributed by atoms with Crippen molar-refractivity contribution in [3.63, 3.8) is 0 Å². The van der Waals surface area contributed by atoms with Gasteiger partial charge in [0.05, 0.1) is 11.4 Å². The summed E-state index contributed by atoms with van der Waals surface area (Å²) in [7, 11) is -3.69. The number of sulfonamides is 1. The van der Waals surface area contributed by atoms with E-state index in [1.165, 1.54) is 23.3 Å². The number of nitrogens with zero attached hydrogens (tertiary/aromatic N) is 1. The second kappa shape index (κ2) is 12.6. The molecule has 32 heavy (non-hydrogen) atoms. The average molecular weight is 564 g/mol. The topological polar surface area (TPSA) is 96.6 Å². The third-order valence-electron chi connectivity index (χ3n) is 4.89. The Bertz CT molecular complexity index is 1050. The smallest absolute Gasteiger partial charge is 0.238 e. The summed E-state index contributed by atoms with van der Waals surface area (Å²) in [6.07, 6.45) is 0. The van der Waals surface area contributed by atoms with Crippen LogP contribution in [0.1, 0.15) is 29.5 Å². The molecule has 0 radical (unpaired) electrons. The van der Waals surface area contributed by atoms with E-state index in [-0.39, 0.29) is 34.8 Å². The number of hydrogen-bond donors (Lipinski definition) is 3. The number of aliphatic imine (C=N–C) groups is 1. The van der Waals surface area contributed by atoms with Crippen molar-refractivity contribution >= 4 is 40.0 Å². The van der Waals surface area contributed by atoms with Crippen LogP contribution in [0, 0.1) is 0 Å². The SMILES string of the molecule is CCNC(=NCc1ccc(S(N)(=O)=O)cc1)NCC(c1ccccc1)c1ccccc1.I. The lowest BCUT2D eigenvalue weighted by Crippen LogP contribution is -2.39. The molecule has 0 aromatic heterocycles. The molecule has 0 aliphatic carbocycles. The lowest BCUT2D eigenvalue weighted by atomic mass is 9.91. The summed E-state index contributed by atoms with van der Waals surface area (Å²) in [5.41, 5.74) is 3.36. The second-order valence-corrected chi connectivity index (χ2v) is 8.70. The number of halogens is 1. The Morgan fingerprint density at radius 3 is 1.88 bits per heavy atom. The van der Waals surface area contributed by atoms with Gasteiger partial charge in [0.25, 0.3) is 0 Å². The van der Waals surface area contributed by atoms with E-state index in [1.54, 1.807) is 12.1 Å². The highest BCUT2D eigenvalue weighted by atomic mass is 127. The van der Waals surface area contributed by atoms with Crippen LogP contribution < -0.4 is 15.8 Å². The van der Waals surface area contributed by atoms with Crippen LogP contribution in [0.25, 0.3) is 0 Å². The van der Waals surface area contributed by atoms with E-state index in [0.717, 1.165) is 12.1 Å². The van der Waals surface area contributed by atoms with Crippen LogP contribution in [0.3, 0.4) is 0 Å². The molecule has 8 heteroatoms. The van der Waals surface area contributed by atoms with Gasteiger partial charge in [-0.05, 0) is 35.7 Å². The lowest BCUT2D eigenvalue weighted by Gasteiger charge is -2.20. The monoisotopic (exact) mass is 564 g/mol. The van der Waals surface area contributed by atoms with Gasteiger partial charge in [0, 0.05) is 19.0 Å². The minimum absolute atomic E-state index is 0. The third-order valence-corrected chi connectivity index (χ3v) is 5.82. The highest BCUT2D eigenvalue weighted by Crippen LogP contribution is 2.23. The van der Waals surface area contributed by atoms with Gasteiger partial charge in [-0.15, -0.1) is 24.0 Å². The van der Waals surface area contributed by atoms with Crippen molar-refractivity contribution in [1.82, 2.24) is 10.6 Å². The highest BCUT2D eigenvalue weighted by molar-refractivity contribution is 14.0. The predicted molar refractivity (Wildman–Crippen MR) is 141 cm³/mol. The summed E-state index contributed by atoms with van der Waals surface area (Å²) in [4.78, 5) is 4.74. The summed E-state index contributed by atoms with van der Waals surface area (Å²) >= 11 is 0. The van der Waals surface area contributed by atoms with Crippen molar-refractivity contribution in [2.24, 2.45) is 10.1 Å². The number of primary sulfonamides is 1. The summed E-state index contributed by atoms with van der Waals surface area (Å²) in [6, 6.07) is 27.2. The fraction of sp³-hybridized carbons (Fsp3) is 0.208. The molecule has 0 heterocycles. The number of benzene rings is 3. The molecule has 3 aromatic rings. The zero-order chi connectivity index (χ0) is 22.1. The molecular formula is C24H29IN4O2S.